The van der Waals surface area contributed by atoms with Crippen LogP contribution in [0.2, 0.25) is 0 Å². The summed E-state index contributed by atoms with van der Waals surface area (Å²) in [5, 5.41) is 7.99. The van der Waals surface area contributed by atoms with E-state index in [9.17, 15) is 0 Å². The average Bonchev–Trinajstić information content (AvgIpc) is 2.75. The molecule has 1 nitrogen and oxygen atoms in total. The molecule has 1 aromatic heterocycles. The van der Waals surface area contributed by atoms with Gasteiger partial charge in [0.1, 0.15) is 0 Å². The molecule has 2 atom stereocenters. The maximum absolute atomic E-state index is 3.56. The fourth-order valence-corrected chi connectivity index (χ4v) is 2.36. The van der Waals surface area contributed by atoms with Crippen molar-refractivity contribution in [3.05, 3.63) is 22.4 Å². The molecule has 0 aliphatic rings. The highest BCUT2D eigenvalue weighted by molar-refractivity contribution is 7.07. The van der Waals surface area contributed by atoms with Gasteiger partial charge in [-0.2, -0.15) is 11.3 Å². The molecule has 0 aromatic carbocycles. The number of hydrogen-bond acceptors (Lipinski definition) is 2. The third kappa shape index (κ3) is 4.80. The van der Waals surface area contributed by atoms with E-state index < -0.39 is 0 Å². The first kappa shape index (κ1) is 12.7. The fraction of sp³-hybridized carbons (Fsp3) is 0.692. The third-order valence-corrected chi connectivity index (χ3v) is 3.77. The molecule has 1 aromatic rings. The summed E-state index contributed by atoms with van der Waals surface area (Å²) in [5.74, 6) is 0.761. The summed E-state index contributed by atoms with van der Waals surface area (Å²) in [6.07, 6.45) is 3.74. The van der Waals surface area contributed by atoms with E-state index in [0.29, 0.717) is 6.04 Å². The zero-order valence-corrected chi connectivity index (χ0v) is 10.9. The molecule has 86 valence electrons. The van der Waals surface area contributed by atoms with E-state index in [-0.39, 0.29) is 0 Å². The van der Waals surface area contributed by atoms with Crippen LogP contribution in [0.3, 0.4) is 0 Å². The van der Waals surface area contributed by atoms with Crippen LogP contribution in [0, 0.1) is 5.92 Å². The molecular weight excluding hydrogens is 202 g/mol. The smallest absolute Gasteiger partial charge is 0.00644 e. The number of aryl methyl sites for hydroxylation is 1. The first-order valence-corrected chi connectivity index (χ1v) is 6.92. The van der Waals surface area contributed by atoms with Gasteiger partial charge in [-0.1, -0.05) is 13.8 Å². The van der Waals surface area contributed by atoms with E-state index >= 15 is 0 Å². The van der Waals surface area contributed by atoms with Crippen LogP contribution in [0.25, 0.3) is 0 Å². The largest absolute Gasteiger partial charge is 0.314 e. The highest BCUT2D eigenvalue weighted by atomic mass is 32.1. The minimum Gasteiger partial charge on any atom is -0.314 e. The monoisotopic (exact) mass is 225 g/mol. The van der Waals surface area contributed by atoms with Crippen molar-refractivity contribution in [3.8, 4) is 0 Å². The standard InChI is InChI=1S/C13H23NS/c1-4-8-14-12(3)11(2)5-6-13-7-9-15-10-13/h7,9-12,14H,4-6,8H2,1-3H3. The lowest BCUT2D eigenvalue weighted by molar-refractivity contribution is 0.380. The highest BCUT2D eigenvalue weighted by Crippen LogP contribution is 2.15. The van der Waals surface area contributed by atoms with Crippen molar-refractivity contribution in [2.45, 2.75) is 46.1 Å². The Kier molecular flexibility index (Phi) is 5.96. The van der Waals surface area contributed by atoms with Gasteiger partial charge >= 0.3 is 0 Å². The zero-order chi connectivity index (χ0) is 11.1. The van der Waals surface area contributed by atoms with Gasteiger partial charge in [0, 0.05) is 6.04 Å². The quantitative estimate of drug-likeness (QED) is 0.746. The van der Waals surface area contributed by atoms with Crippen LogP contribution in [0.4, 0.5) is 0 Å². The van der Waals surface area contributed by atoms with Crippen LogP contribution >= 0.6 is 11.3 Å². The molecule has 0 spiro atoms. The Morgan fingerprint density at radius 3 is 2.80 bits per heavy atom. The lowest BCUT2D eigenvalue weighted by Crippen LogP contribution is -2.32. The molecule has 1 heterocycles. The van der Waals surface area contributed by atoms with Crippen LogP contribution in [0.5, 0.6) is 0 Å². The van der Waals surface area contributed by atoms with Crippen molar-refractivity contribution in [2.75, 3.05) is 6.54 Å². The normalized spacial score (nSPS) is 15.1. The summed E-state index contributed by atoms with van der Waals surface area (Å²) in [6, 6.07) is 2.88. The fourth-order valence-electron chi connectivity index (χ4n) is 1.65. The van der Waals surface area contributed by atoms with Crippen molar-refractivity contribution >= 4 is 11.3 Å². The lowest BCUT2D eigenvalue weighted by atomic mass is 9.96. The van der Waals surface area contributed by atoms with Crippen molar-refractivity contribution in [2.24, 2.45) is 5.92 Å². The van der Waals surface area contributed by atoms with Gasteiger partial charge in [-0.25, -0.2) is 0 Å². The molecule has 0 saturated carbocycles. The molecule has 2 heteroatoms. The molecule has 0 aliphatic heterocycles. The van der Waals surface area contributed by atoms with Gasteiger partial charge in [0.05, 0.1) is 0 Å². The third-order valence-electron chi connectivity index (χ3n) is 3.04. The van der Waals surface area contributed by atoms with Crippen LogP contribution in [-0.4, -0.2) is 12.6 Å². The summed E-state index contributed by atoms with van der Waals surface area (Å²) in [5.41, 5.74) is 1.49. The molecule has 0 aliphatic carbocycles. The van der Waals surface area contributed by atoms with E-state index in [1.807, 2.05) is 0 Å². The Hall–Kier alpha value is -0.340. The number of nitrogens with one attached hydrogen (secondary N) is 1. The molecule has 0 amide bonds. The minimum atomic E-state index is 0.642. The number of rotatable bonds is 7. The van der Waals surface area contributed by atoms with Crippen LogP contribution in [0.1, 0.15) is 39.2 Å². The van der Waals surface area contributed by atoms with E-state index in [2.05, 4.69) is 42.9 Å². The summed E-state index contributed by atoms with van der Waals surface area (Å²) < 4.78 is 0. The van der Waals surface area contributed by atoms with Gasteiger partial charge in [-0.05, 0) is 61.0 Å². The summed E-state index contributed by atoms with van der Waals surface area (Å²) in [4.78, 5) is 0. The molecule has 2 unspecified atom stereocenters. The summed E-state index contributed by atoms with van der Waals surface area (Å²) >= 11 is 1.80. The van der Waals surface area contributed by atoms with E-state index in [4.69, 9.17) is 0 Å². The summed E-state index contributed by atoms with van der Waals surface area (Å²) in [6.45, 7) is 8.01. The minimum absolute atomic E-state index is 0.642. The van der Waals surface area contributed by atoms with Crippen LogP contribution in [-0.2, 0) is 6.42 Å². The van der Waals surface area contributed by atoms with Crippen molar-refractivity contribution in [1.29, 1.82) is 0 Å². The predicted molar refractivity (Wildman–Crippen MR) is 69.6 cm³/mol. The van der Waals surface area contributed by atoms with Crippen molar-refractivity contribution in [1.82, 2.24) is 5.32 Å². The van der Waals surface area contributed by atoms with Gasteiger partial charge in [-0.3, -0.25) is 0 Å². The zero-order valence-electron chi connectivity index (χ0n) is 10.1. The Labute approximate surface area is 97.9 Å². The second-order valence-electron chi connectivity index (χ2n) is 4.39. The topological polar surface area (TPSA) is 12.0 Å². The Balaban J connectivity index is 2.20. The van der Waals surface area contributed by atoms with Crippen LogP contribution < -0.4 is 5.32 Å². The molecular formula is C13H23NS. The predicted octanol–water partition coefficient (Wildman–Crippen LogP) is 3.70. The second kappa shape index (κ2) is 7.02. The highest BCUT2D eigenvalue weighted by Gasteiger charge is 2.10. The molecule has 0 bridgehead atoms. The summed E-state index contributed by atoms with van der Waals surface area (Å²) in [7, 11) is 0. The van der Waals surface area contributed by atoms with Crippen molar-refractivity contribution < 1.29 is 0 Å². The van der Waals surface area contributed by atoms with E-state index in [0.717, 1.165) is 12.5 Å². The molecule has 0 fully saturated rings. The van der Waals surface area contributed by atoms with Gasteiger partial charge in [0.25, 0.3) is 0 Å². The first-order valence-electron chi connectivity index (χ1n) is 5.98. The number of thiophene rings is 1. The molecule has 15 heavy (non-hydrogen) atoms. The first-order chi connectivity index (χ1) is 7.24. The van der Waals surface area contributed by atoms with Gasteiger partial charge in [0.15, 0.2) is 0 Å². The lowest BCUT2D eigenvalue weighted by Gasteiger charge is -2.20. The van der Waals surface area contributed by atoms with E-state index in [1.165, 1.54) is 24.8 Å². The van der Waals surface area contributed by atoms with Gasteiger partial charge in [0.2, 0.25) is 0 Å². The maximum Gasteiger partial charge on any atom is 0.00644 e. The average molecular weight is 225 g/mol. The van der Waals surface area contributed by atoms with Gasteiger partial charge < -0.3 is 5.32 Å². The Bertz CT molecular complexity index is 243. The van der Waals surface area contributed by atoms with Crippen LogP contribution in [0.15, 0.2) is 16.8 Å². The molecule has 1 rings (SSSR count). The van der Waals surface area contributed by atoms with E-state index in [1.54, 1.807) is 11.3 Å². The van der Waals surface area contributed by atoms with Crippen molar-refractivity contribution in [3.63, 3.8) is 0 Å². The maximum atomic E-state index is 3.56. The molecule has 0 radical (unpaired) electrons. The van der Waals surface area contributed by atoms with Gasteiger partial charge in [-0.15, -0.1) is 0 Å². The number of hydrogen-bond donors (Lipinski definition) is 1. The Morgan fingerprint density at radius 2 is 2.20 bits per heavy atom. The second-order valence-corrected chi connectivity index (χ2v) is 5.17. The SMILES string of the molecule is CCCNC(C)C(C)CCc1ccsc1. The molecule has 1 N–H and O–H groups in total. The Morgan fingerprint density at radius 1 is 1.40 bits per heavy atom. The molecule has 0 saturated heterocycles.